The van der Waals surface area contributed by atoms with Crippen LogP contribution in [0.1, 0.15) is 12.5 Å². The zero-order valence-electron chi connectivity index (χ0n) is 15.1. The second-order valence-electron chi connectivity index (χ2n) is 5.89. The summed E-state index contributed by atoms with van der Waals surface area (Å²) in [4.78, 5) is 30.8. The number of fused-ring (bicyclic) bond motifs is 1. The van der Waals surface area contributed by atoms with Gasteiger partial charge in [-0.1, -0.05) is 23.7 Å². The predicted octanol–water partition coefficient (Wildman–Crippen LogP) is 1.56. The molecule has 1 aromatic carbocycles. The first kappa shape index (κ1) is 18.9. The molecule has 0 saturated carbocycles. The van der Waals surface area contributed by atoms with Crippen LogP contribution in [0.3, 0.4) is 0 Å². The highest BCUT2D eigenvalue weighted by Gasteiger charge is 2.17. The molecule has 2 aromatic heterocycles. The lowest BCUT2D eigenvalue weighted by Crippen LogP contribution is -2.29. The third-order valence-corrected chi connectivity index (χ3v) is 4.36. The van der Waals surface area contributed by atoms with Gasteiger partial charge in [-0.15, -0.1) is 0 Å². The molecule has 0 saturated heterocycles. The van der Waals surface area contributed by atoms with Crippen molar-refractivity contribution in [2.24, 2.45) is 12.1 Å². The Balaban J connectivity index is 2.05. The van der Waals surface area contributed by atoms with Gasteiger partial charge in [0.15, 0.2) is 11.2 Å². The number of halogens is 1. The zero-order chi connectivity index (χ0) is 19.6. The van der Waals surface area contributed by atoms with E-state index >= 15 is 0 Å². The first-order valence-corrected chi connectivity index (χ1v) is 8.55. The Morgan fingerprint density at radius 1 is 1.33 bits per heavy atom. The molecule has 0 unspecified atom stereocenters. The molecule has 27 heavy (non-hydrogen) atoms. The summed E-state index contributed by atoms with van der Waals surface area (Å²) in [6.07, 6.45) is 0. The summed E-state index contributed by atoms with van der Waals surface area (Å²) in [5.41, 5.74) is 3.97. The topological polar surface area (TPSA) is 106 Å². The number of rotatable bonds is 6. The molecule has 0 amide bonds. The normalized spacial score (nSPS) is 11.9. The van der Waals surface area contributed by atoms with Gasteiger partial charge in [-0.2, -0.15) is 10.1 Å². The standard InChI is InChI=1S/C17H19ClN6O3/c1-10(11-4-6-12(18)7-5-11)21-22-16-19-14-13(24(16)8-9-27-3)15(25)20-17(26)23(14)2/h4-7H,8-9H2,1-3H3,(H,19,22)(H,20,25,26)/b21-10+. The van der Waals surface area contributed by atoms with Crippen molar-refractivity contribution in [2.75, 3.05) is 19.1 Å². The summed E-state index contributed by atoms with van der Waals surface area (Å²) in [7, 11) is 3.11. The van der Waals surface area contributed by atoms with Gasteiger partial charge in [0, 0.05) is 25.7 Å². The number of nitrogens with one attached hydrogen (secondary N) is 2. The second-order valence-corrected chi connectivity index (χ2v) is 6.32. The molecule has 2 N–H and O–H groups in total. The third kappa shape index (κ3) is 3.79. The molecule has 0 fully saturated rings. The van der Waals surface area contributed by atoms with E-state index in [0.29, 0.717) is 29.8 Å². The molecule has 142 valence electrons. The van der Waals surface area contributed by atoms with Crippen molar-refractivity contribution in [1.82, 2.24) is 19.1 Å². The SMILES string of the molecule is COCCn1c(N/N=C(\C)c2ccc(Cl)cc2)nc2c1c(=O)[nH]c(=O)n2C. The first-order chi connectivity index (χ1) is 12.9. The van der Waals surface area contributed by atoms with E-state index in [-0.39, 0.29) is 11.2 Å². The van der Waals surface area contributed by atoms with E-state index in [1.165, 1.54) is 4.57 Å². The lowest BCUT2D eigenvalue weighted by molar-refractivity contribution is 0.188. The minimum absolute atomic E-state index is 0.265. The zero-order valence-corrected chi connectivity index (χ0v) is 15.9. The Bertz CT molecular complexity index is 1110. The number of hydrogen-bond donors (Lipinski definition) is 2. The number of nitrogens with zero attached hydrogens (tertiary/aromatic N) is 4. The molecule has 2 heterocycles. The van der Waals surface area contributed by atoms with E-state index in [4.69, 9.17) is 16.3 Å². The Morgan fingerprint density at radius 3 is 2.70 bits per heavy atom. The van der Waals surface area contributed by atoms with Gasteiger partial charge in [-0.25, -0.2) is 10.2 Å². The second kappa shape index (κ2) is 7.77. The summed E-state index contributed by atoms with van der Waals surface area (Å²) in [6, 6.07) is 7.26. The molecule has 0 aliphatic carbocycles. The van der Waals surface area contributed by atoms with Crippen LogP contribution in [0, 0.1) is 0 Å². The number of H-pyrrole nitrogens is 1. The maximum atomic E-state index is 12.3. The molecular weight excluding hydrogens is 372 g/mol. The lowest BCUT2D eigenvalue weighted by Gasteiger charge is -2.08. The maximum Gasteiger partial charge on any atom is 0.329 e. The quantitative estimate of drug-likeness (QED) is 0.490. The highest BCUT2D eigenvalue weighted by atomic mass is 35.5. The first-order valence-electron chi connectivity index (χ1n) is 8.17. The van der Waals surface area contributed by atoms with Crippen molar-refractivity contribution in [3.05, 3.63) is 55.7 Å². The number of hydrogen-bond acceptors (Lipinski definition) is 6. The Hall–Kier alpha value is -2.91. The van der Waals surface area contributed by atoms with E-state index in [9.17, 15) is 9.59 Å². The maximum absolute atomic E-state index is 12.3. The highest BCUT2D eigenvalue weighted by molar-refractivity contribution is 6.30. The minimum Gasteiger partial charge on any atom is -0.383 e. The van der Waals surface area contributed by atoms with Crippen LogP contribution in [0.2, 0.25) is 5.02 Å². The van der Waals surface area contributed by atoms with Crippen LogP contribution in [0.5, 0.6) is 0 Å². The van der Waals surface area contributed by atoms with Gasteiger partial charge in [-0.05, 0) is 24.6 Å². The molecule has 0 aliphatic rings. The minimum atomic E-state index is -0.531. The molecule has 0 atom stereocenters. The van der Waals surface area contributed by atoms with E-state index in [2.05, 4.69) is 20.5 Å². The van der Waals surface area contributed by atoms with Crippen LogP contribution < -0.4 is 16.7 Å². The summed E-state index contributed by atoms with van der Waals surface area (Å²) in [5.74, 6) is 0.335. The highest BCUT2D eigenvalue weighted by Crippen LogP contribution is 2.16. The third-order valence-electron chi connectivity index (χ3n) is 4.11. The number of benzene rings is 1. The molecule has 3 aromatic rings. The van der Waals surface area contributed by atoms with Crippen LogP contribution in [0.4, 0.5) is 5.95 Å². The molecule has 0 aliphatic heterocycles. The van der Waals surface area contributed by atoms with Crippen LogP contribution in [-0.2, 0) is 18.3 Å². The monoisotopic (exact) mass is 390 g/mol. The average Bonchev–Trinajstić information content (AvgIpc) is 3.02. The largest absolute Gasteiger partial charge is 0.383 e. The van der Waals surface area contributed by atoms with Crippen molar-refractivity contribution in [3.63, 3.8) is 0 Å². The fraction of sp³-hybridized carbons (Fsp3) is 0.294. The van der Waals surface area contributed by atoms with Crippen molar-refractivity contribution in [1.29, 1.82) is 0 Å². The summed E-state index contributed by atoms with van der Waals surface area (Å²) < 4.78 is 8.03. The van der Waals surface area contributed by atoms with Gasteiger partial charge in [0.2, 0.25) is 5.95 Å². The van der Waals surface area contributed by atoms with Gasteiger partial charge in [0.05, 0.1) is 12.3 Å². The number of aromatic amines is 1. The molecule has 0 radical (unpaired) electrons. The fourth-order valence-corrected chi connectivity index (χ4v) is 2.74. The van der Waals surface area contributed by atoms with Crippen LogP contribution >= 0.6 is 11.6 Å². The predicted molar refractivity (Wildman–Crippen MR) is 105 cm³/mol. The van der Waals surface area contributed by atoms with E-state index < -0.39 is 11.2 Å². The summed E-state index contributed by atoms with van der Waals surface area (Å²) in [5, 5.41) is 4.98. The number of ether oxygens (including phenoxy) is 1. The molecule has 0 bridgehead atoms. The smallest absolute Gasteiger partial charge is 0.329 e. The van der Waals surface area contributed by atoms with Gasteiger partial charge in [-0.3, -0.25) is 14.3 Å². The average molecular weight is 391 g/mol. The van der Waals surface area contributed by atoms with Crippen LogP contribution in [0.15, 0.2) is 39.0 Å². The molecule has 10 heteroatoms. The van der Waals surface area contributed by atoms with Crippen LogP contribution in [0.25, 0.3) is 11.2 Å². The lowest BCUT2D eigenvalue weighted by atomic mass is 10.1. The molecule has 0 spiro atoms. The Labute approximate surface area is 159 Å². The summed E-state index contributed by atoms with van der Waals surface area (Å²) >= 11 is 5.91. The van der Waals surface area contributed by atoms with E-state index in [0.717, 1.165) is 5.56 Å². The van der Waals surface area contributed by atoms with E-state index in [1.807, 2.05) is 19.1 Å². The van der Waals surface area contributed by atoms with Gasteiger partial charge >= 0.3 is 5.69 Å². The van der Waals surface area contributed by atoms with Gasteiger partial charge < -0.3 is 9.30 Å². The van der Waals surface area contributed by atoms with Crippen molar-refractivity contribution in [3.8, 4) is 0 Å². The van der Waals surface area contributed by atoms with Gasteiger partial charge in [0.25, 0.3) is 5.56 Å². The van der Waals surface area contributed by atoms with E-state index in [1.54, 1.807) is 30.9 Å². The Kier molecular flexibility index (Phi) is 5.43. The molecule has 9 nitrogen and oxygen atoms in total. The van der Waals surface area contributed by atoms with Crippen molar-refractivity contribution in [2.45, 2.75) is 13.5 Å². The number of imidazole rings is 1. The number of anilines is 1. The Morgan fingerprint density at radius 2 is 2.04 bits per heavy atom. The molecule has 3 rings (SSSR count). The number of aryl methyl sites for hydroxylation is 1. The fourth-order valence-electron chi connectivity index (χ4n) is 2.61. The van der Waals surface area contributed by atoms with Gasteiger partial charge in [0.1, 0.15) is 0 Å². The van der Waals surface area contributed by atoms with Crippen molar-refractivity contribution < 1.29 is 4.74 Å². The van der Waals surface area contributed by atoms with Crippen molar-refractivity contribution >= 4 is 34.4 Å². The number of methoxy groups -OCH3 is 1. The number of aromatic nitrogens is 4. The summed E-state index contributed by atoms with van der Waals surface area (Å²) in [6.45, 7) is 2.56. The number of hydrazone groups is 1. The molecular formula is C17H19ClN6O3. The van der Waals surface area contributed by atoms with Crippen LogP contribution in [-0.4, -0.2) is 38.5 Å².